The summed E-state index contributed by atoms with van der Waals surface area (Å²) < 4.78 is 5.72. The number of hydrogen-bond acceptors (Lipinski definition) is 5. The number of amides is 1. The summed E-state index contributed by atoms with van der Waals surface area (Å²) in [5.74, 6) is 1.04. The number of morpholine rings is 1. The van der Waals surface area contributed by atoms with Crippen molar-refractivity contribution in [3.8, 4) is 0 Å². The summed E-state index contributed by atoms with van der Waals surface area (Å²) in [6.45, 7) is 6.99. The second kappa shape index (κ2) is 7.01. The minimum atomic E-state index is 0.0127. The lowest BCUT2D eigenvalue weighted by Crippen LogP contribution is -2.52. The number of rotatable bonds is 2. The molecule has 6 nitrogen and oxygen atoms in total. The normalized spacial score (nSPS) is 28.7. The van der Waals surface area contributed by atoms with Gasteiger partial charge in [-0.05, 0) is 38.8 Å². The molecule has 2 aliphatic rings. The van der Waals surface area contributed by atoms with E-state index in [4.69, 9.17) is 16.3 Å². The van der Waals surface area contributed by atoms with E-state index in [-0.39, 0.29) is 24.0 Å². The fourth-order valence-electron chi connectivity index (χ4n) is 3.48. The van der Waals surface area contributed by atoms with Gasteiger partial charge in [0.05, 0.1) is 18.1 Å². The summed E-state index contributed by atoms with van der Waals surface area (Å²) in [5.41, 5.74) is 0. The SMILES string of the molecule is C[C@@H]1CN(C(=O)[C@@H]2CCCN(c3ccc(Cl)nn3)C2)C[C@@H](C)O1. The highest BCUT2D eigenvalue weighted by atomic mass is 35.5. The van der Waals surface area contributed by atoms with Crippen LogP contribution in [0, 0.1) is 5.92 Å². The second-order valence-corrected chi connectivity index (χ2v) is 6.89. The quantitative estimate of drug-likeness (QED) is 0.825. The maximum absolute atomic E-state index is 12.9. The highest BCUT2D eigenvalue weighted by Gasteiger charge is 2.33. The average molecular weight is 339 g/mol. The average Bonchev–Trinajstić information content (AvgIpc) is 2.54. The van der Waals surface area contributed by atoms with Gasteiger partial charge in [0.2, 0.25) is 5.91 Å². The fraction of sp³-hybridized carbons (Fsp3) is 0.688. The number of aromatic nitrogens is 2. The third-order valence-electron chi connectivity index (χ3n) is 4.44. The van der Waals surface area contributed by atoms with Gasteiger partial charge < -0.3 is 14.5 Å². The van der Waals surface area contributed by atoms with Crippen LogP contribution in [0.5, 0.6) is 0 Å². The van der Waals surface area contributed by atoms with Crippen LogP contribution < -0.4 is 4.90 Å². The molecule has 0 unspecified atom stereocenters. The van der Waals surface area contributed by atoms with E-state index in [1.165, 1.54) is 0 Å². The van der Waals surface area contributed by atoms with Crippen LogP contribution in [0.1, 0.15) is 26.7 Å². The number of halogens is 1. The number of carbonyl (C=O) groups is 1. The Bertz CT molecular complexity index is 544. The Labute approximate surface area is 141 Å². The number of carbonyl (C=O) groups excluding carboxylic acids is 1. The van der Waals surface area contributed by atoms with E-state index in [1.807, 2.05) is 24.8 Å². The van der Waals surface area contributed by atoms with Crippen LogP contribution in [0.4, 0.5) is 5.82 Å². The molecule has 0 aliphatic carbocycles. The van der Waals surface area contributed by atoms with Crippen molar-refractivity contribution in [3.05, 3.63) is 17.3 Å². The molecule has 0 radical (unpaired) electrons. The Morgan fingerprint density at radius 3 is 2.61 bits per heavy atom. The van der Waals surface area contributed by atoms with Gasteiger partial charge in [0.1, 0.15) is 0 Å². The summed E-state index contributed by atoms with van der Waals surface area (Å²) in [7, 11) is 0. The minimum absolute atomic E-state index is 0.0127. The maximum atomic E-state index is 12.9. The molecule has 3 rings (SSSR count). The molecule has 3 atom stereocenters. The van der Waals surface area contributed by atoms with Crippen LogP contribution >= 0.6 is 11.6 Å². The van der Waals surface area contributed by atoms with Crippen molar-refractivity contribution < 1.29 is 9.53 Å². The molecule has 0 bridgehead atoms. The van der Waals surface area contributed by atoms with Gasteiger partial charge in [0.15, 0.2) is 11.0 Å². The van der Waals surface area contributed by atoms with Crippen LogP contribution in [0.15, 0.2) is 12.1 Å². The molecule has 2 aliphatic heterocycles. The van der Waals surface area contributed by atoms with Gasteiger partial charge in [-0.2, -0.15) is 0 Å². The molecular weight excluding hydrogens is 316 g/mol. The molecule has 3 heterocycles. The summed E-state index contributed by atoms with van der Waals surface area (Å²) in [6, 6.07) is 3.60. The molecule has 0 N–H and O–H groups in total. The molecule has 126 valence electrons. The Balaban J connectivity index is 1.65. The maximum Gasteiger partial charge on any atom is 0.227 e. The summed E-state index contributed by atoms with van der Waals surface area (Å²) >= 11 is 5.79. The second-order valence-electron chi connectivity index (χ2n) is 6.50. The number of anilines is 1. The third-order valence-corrected chi connectivity index (χ3v) is 4.65. The van der Waals surface area contributed by atoms with Crippen LogP contribution in [0.2, 0.25) is 5.15 Å². The first-order chi connectivity index (χ1) is 11.0. The number of nitrogens with zero attached hydrogens (tertiary/aromatic N) is 4. The molecule has 2 saturated heterocycles. The van der Waals surface area contributed by atoms with Crippen molar-refractivity contribution in [2.24, 2.45) is 5.92 Å². The first-order valence-corrected chi connectivity index (χ1v) is 8.59. The molecule has 0 spiro atoms. The predicted octanol–water partition coefficient (Wildman–Crippen LogP) is 1.98. The van der Waals surface area contributed by atoms with Gasteiger partial charge >= 0.3 is 0 Å². The van der Waals surface area contributed by atoms with E-state index in [1.54, 1.807) is 6.07 Å². The van der Waals surface area contributed by atoms with Crippen LogP contribution in [0.25, 0.3) is 0 Å². The lowest BCUT2D eigenvalue weighted by atomic mass is 9.96. The number of hydrogen-bond donors (Lipinski definition) is 0. The highest BCUT2D eigenvalue weighted by molar-refractivity contribution is 6.29. The van der Waals surface area contributed by atoms with Crippen molar-refractivity contribution in [2.45, 2.75) is 38.9 Å². The van der Waals surface area contributed by atoms with Crippen LogP contribution in [-0.2, 0) is 9.53 Å². The van der Waals surface area contributed by atoms with Gasteiger partial charge in [0, 0.05) is 26.2 Å². The molecule has 0 saturated carbocycles. The smallest absolute Gasteiger partial charge is 0.227 e. The number of piperidine rings is 1. The van der Waals surface area contributed by atoms with Crippen LogP contribution in [0.3, 0.4) is 0 Å². The number of ether oxygens (including phenoxy) is 1. The molecule has 0 aromatic carbocycles. The first kappa shape index (κ1) is 16.5. The Morgan fingerprint density at radius 1 is 1.22 bits per heavy atom. The zero-order chi connectivity index (χ0) is 16.4. The molecule has 2 fully saturated rings. The van der Waals surface area contributed by atoms with Gasteiger partial charge in [-0.15, -0.1) is 10.2 Å². The molecule has 1 aromatic rings. The molecular formula is C16H23ClN4O2. The zero-order valence-electron chi connectivity index (χ0n) is 13.6. The largest absolute Gasteiger partial charge is 0.372 e. The fourth-order valence-corrected chi connectivity index (χ4v) is 3.58. The molecule has 7 heteroatoms. The Kier molecular flexibility index (Phi) is 5.02. The van der Waals surface area contributed by atoms with Gasteiger partial charge in [-0.1, -0.05) is 11.6 Å². The van der Waals surface area contributed by atoms with Gasteiger partial charge in [0.25, 0.3) is 0 Å². The van der Waals surface area contributed by atoms with Crippen molar-refractivity contribution in [3.63, 3.8) is 0 Å². The van der Waals surface area contributed by atoms with E-state index < -0.39 is 0 Å². The van der Waals surface area contributed by atoms with E-state index >= 15 is 0 Å². The van der Waals surface area contributed by atoms with Crippen molar-refractivity contribution >= 4 is 23.3 Å². The molecule has 23 heavy (non-hydrogen) atoms. The van der Waals surface area contributed by atoms with Crippen molar-refractivity contribution in [1.82, 2.24) is 15.1 Å². The van der Waals surface area contributed by atoms with Crippen LogP contribution in [-0.4, -0.2) is 59.4 Å². The van der Waals surface area contributed by atoms with E-state index in [9.17, 15) is 4.79 Å². The predicted molar refractivity (Wildman–Crippen MR) is 88.6 cm³/mol. The molecule has 1 aromatic heterocycles. The summed E-state index contributed by atoms with van der Waals surface area (Å²) in [6.07, 6.45) is 2.11. The zero-order valence-corrected chi connectivity index (χ0v) is 14.4. The van der Waals surface area contributed by atoms with Crippen molar-refractivity contribution in [1.29, 1.82) is 0 Å². The topological polar surface area (TPSA) is 58.6 Å². The summed E-state index contributed by atoms with van der Waals surface area (Å²) in [4.78, 5) is 16.9. The highest BCUT2D eigenvalue weighted by Crippen LogP contribution is 2.24. The van der Waals surface area contributed by atoms with E-state index in [0.29, 0.717) is 24.8 Å². The Hall–Kier alpha value is -1.40. The van der Waals surface area contributed by atoms with E-state index in [0.717, 1.165) is 25.2 Å². The monoisotopic (exact) mass is 338 g/mol. The van der Waals surface area contributed by atoms with Gasteiger partial charge in [-0.25, -0.2) is 0 Å². The van der Waals surface area contributed by atoms with Gasteiger partial charge in [-0.3, -0.25) is 4.79 Å². The third kappa shape index (κ3) is 3.93. The summed E-state index contributed by atoms with van der Waals surface area (Å²) in [5, 5.41) is 8.41. The first-order valence-electron chi connectivity index (χ1n) is 8.21. The Morgan fingerprint density at radius 2 is 1.96 bits per heavy atom. The molecule has 1 amide bonds. The van der Waals surface area contributed by atoms with Crippen molar-refractivity contribution in [2.75, 3.05) is 31.1 Å². The lowest BCUT2D eigenvalue weighted by molar-refractivity contribution is -0.147. The lowest BCUT2D eigenvalue weighted by Gasteiger charge is -2.39. The van der Waals surface area contributed by atoms with E-state index in [2.05, 4.69) is 15.1 Å². The minimum Gasteiger partial charge on any atom is -0.372 e. The standard InChI is InChI=1S/C16H23ClN4O2/c1-11-8-21(9-12(2)23-11)16(22)13-4-3-7-20(10-13)15-6-5-14(17)18-19-15/h5-6,11-13H,3-4,7-10H2,1-2H3/t11-,12-,13-/m1/s1.